The summed E-state index contributed by atoms with van der Waals surface area (Å²) in [7, 11) is -8.19. The number of nitro groups is 1. The van der Waals surface area contributed by atoms with Crippen LogP contribution in [0, 0.1) is 15.9 Å². The molecule has 0 saturated carbocycles. The molecule has 1 saturated heterocycles. The van der Waals surface area contributed by atoms with Gasteiger partial charge >= 0.3 is 0 Å². The van der Waals surface area contributed by atoms with Gasteiger partial charge in [-0.25, -0.2) is 26.4 Å². The third-order valence-electron chi connectivity index (χ3n) is 7.64. The molecule has 0 radical (unpaired) electrons. The first-order chi connectivity index (χ1) is 19.1. The average Bonchev–Trinajstić information content (AvgIpc) is 3.22. The Hall–Kier alpha value is -2.88. The summed E-state index contributed by atoms with van der Waals surface area (Å²) in [5.41, 5.74) is 0.352. The van der Waals surface area contributed by atoms with Crippen LogP contribution in [0.25, 0.3) is 0 Å². The molecule has 216 valence electrons. The summed E-state index contributed by atoms with van der Waals surface area (Å²) in [6.45, 7) is 4.04. The molecule has 3 N–H and O–H groups in total. The van der Waals surface area contributed by atoms with E-state index in [1.54, 1.807) is 6.07 Å². The molecule has 10 nitrogen and oxygen atoms in total. The Morgan fingerprint density at radius 3 is 2.49 bits per heavy atom. The molecular formula is C26H23BrClFN4O6S2. The number of non-ortho nitro benzene ring substituents is 1. The maximum Gasteiger partial charge on any atom is 0.269 e. The number of aryl methyl sites for hydroxylation is 1. The van der Waals surface area contributed by atoms with Crippen LogP contribution in [-0.2, 0) is 31.9 Å². The number of nitro benzene ring substituents is 1. The number of nitrogens with zero attached hydrogens (tertiary/aromatic N) is 2. The van der Waals surface area contributed by atoms with Gasteiger partial charge in [-0.1, -0.05) is 34.1 Å². The van der Waals surface area contributed by atoms with Gasteiger partial charge in [-0.2, -0.15) is 4.31 Å². The molecule has 0 amide bonds. The fourth-order valence-electron chi connectivity index (χ4n) is 5.73. The molecule has 2 atom stereocenters. The second-order valence-corrected chi connectivity index (χ2v) is 14.7. The Labute approximate surface area is 249 Å². The summed E-state index contributed by atoms with van der Waals surface area (Å²) in [6, 6.07) is 11.2. The third kappa shape index (κ3) is 5.17. The second kappa shape index (κ2) is 10.4. The molecule has 5 rings (SSSR count). The summed E-state index contributed by atoms with van der Waals surface area (Å²) in [5.74, 6) is -0.547. The first kappa shape index (κ1) is 29.6. The number of halogens is 3. The number of hydrogen-bond donors (Lipinski definition) is 2. The Kier molecular flexibility index (Phi) is 7.54. The molecule has 1 fully saturated rings. The lowest BCUT2D eigenvalue weighted by Crippen LogP contribution is -2.56. The van der Waals surface area contributed by atoms with Crippen molar-refractivity contribution in [3.8, 4) is 0 Å². The van der Waals surface area contributed by atoms with Crippen molar-refractivity contribution in [2.45, 2.75) is 34.1 Å². The molecule has 2 heterocycles. The number of piperidine rings is 1. The van der Waals surface area contributed by atoms with Crippen LogP contribution in [0.2, 0.25) is 5.02 Å². The monoisotopic (exact) mass is 684 g/mol. The second-order valence-electron chi connectivity index (χ2n) is 9.93. The van der Waals surface area contributed by atoms with Crippen LogP contribution in [0.4, 0.5) is 15.8 Å². The van der Waals surface area contributed by atoms with Gasteiger partial charge in [0.1, 0.15) is 5.82 Å². The van der Waals surface area contributed by atoms with E-state index in [1.807, 2.05) is 0 Å². The van der Waals surface area contributed by atoms with Crippen molar-refractivity contribution in [1.82, 2.24) is 4.31 Å². The number of hydrogen-bond acceptors (Lipinski definition) is 7. The van der Waals surface area contributed by atoms with E-state index in [0.717, 1.165) is 12.1 Å². The van der Waals surface area contributed by atoms with E-state index in [9.17, 15) is 26.9 Å². The SMILES string of the molecule is C=C1CN(S(=O)(=O)c2ccc([N+](=O)[O-])cc2)C[C@@H]2Nc3c(F)cc(Br)cc3[C@]12CCc1cc(Cl)ccc1S(N)(=O)=O. The smallest absolute Gasteiger partial charge is 0.269 e. The van der Waals surface area contributed by atoms with Gasteiger partial charge in [0.25, 0.3) is 5.69 Å². The maximum absolute atomic E-state index is 15.2. The molecule has 0 aromatic heterocycles. The Balaban J connectivity index is 1.56. The molecule has 41 heavy (non-hydrogen) atoms. The highest BCUT2D eigenvalue weighted by atomic mass is 79.9. The number of primary sulfonamides is 1. The Bertz CT molecular complexity index is 1820. The van der Waals surface area contributed by atoms with Gasteiger partial charge in [0.15, 0.2) is 0 Å². The zero-order valence-electron chi connectivity index (χ0n) is 21.2. The van der Waals surface area contributed by atoms with Gasteiger partial charge in [0.05, 0.1) is 26.4 Å². The van der Waals surface area contributed by atoms with Crippen LogP contribution in [0.5, 0.6) is 0 Å². The Morgan fingerprint density at radius 2 is 1.85 bits per heavy atom. The molecule has 0 aliphatic carbocycles. The van der Waals surface area contributed by atoms with E-state index in [0.29, 0.717) is 26.2 Å². The van der Waals surface area contributed by atoms with E-state index in [-0.39, 0.29) is 47.1 Å². The highest BCUT2D eigenvalue weighted by Crippen LogP contribution is 2.53. The molecule has 2 aliphatic heterocycles. The molecule has 3 aromatic rings. The number of anilines is 1. The quantitative estimate of drug-likeness (QED) is 0.207. The lowest BCUT2D eigenvalue weighted by atomic mass is 9.66. The summed E-state index contributed by atoms with van der Waals surface area (Å²) < 4.78 is 68.6. The van der Waals surface area contributed by atoms with E-state index < -0.39 is 42.2 Å². The molecular weight excluding hydrogens is 663 g/mol. The van der Waals surface area contributed by atoms with Crippen LogP contribution in [-0.4, -0.2) is 45.2 Å². The maximum atomic E-state index is 15.2. The van der Waals surface area contributed by atoms with E-state index in [4.69, 9.17) is 16.7 Å². The van der Waals surface area contributed by atoms with E-state index in [2.05, 4.69) is 27.8 Å². The van der Waals surface area contributed by atoms with Gasteiger partial charge in [-0.3, -0.25) is 10.1 Å². The molecule has 0 bridgehead atoms. The first-order valence-corrected chi connectivity index (χ1v) is 16.3. The fraction of sp³-hybridized carbons (Fsp3) is 0.231. The first-order valence-electron chi connectivity index (χ1n) is 12.1. The van der Waals surface area contributed by atoms with Crippen molar-refractivity contribution in [2.75, 3.05) is 18.4 Å². The normalized spacial score (nSPS) is 20.8. The van der Waals surface area contributed by atoms with Gasteiger partial charge in [0, 0.05) is 40.1 Å². The standard InChI is InChI=1S/C26H23BrClFN4O6S2/c1-15-13-32(41(38,39)20-5-3-19(4-6-20)33(34)35)14-24-26(15,21-11-17(27)12-22(29)25(21)31-24)9-8-16-10-18(28)2-7-23(16)40(30,36)37/h2-7,10-12,24,31H,1,8-9,13-14H2,(H2,30,36,37)/t24-,26-/m0/s1. The van der Waals surface area contributed by atoms with Gasteiger partial charge in [-0.05, 0) is 72.0 Å². The van der Waals surface area contributed by atoms with E-state index in [1.165, 1.54) is 40.7 Å². The number of nitrogens with two attached hydrogens (primary N) is 1. The summed E-state index contributed by atoms with van der Waals surface area (Å²) in [5, 5.41) is 19.9. The highest BCUT2D eigenvalue weighted by molar-refractivity contribution is 9.10. The minimum Gasteiger partial charge on any atom is -0.377 e. The lowest BCUT2D eigenvalue weighted by molar-refractivity contribution is -0.384. The number of benzene rings is 3. The van der Waals surface area contributed by atoms with Crippen LogP contribution in [0.15, 0.2) is 81.0 Å². The minimum atomic E-state index is -4.11. The van der Waals surface area contributed by atoms with E-state index >= 15 is 4.39 Å². The summed E-state index contributed by atoms with van der Waals surface area (Å²) >= 11 is 9.52. The number of rotatable bonds is 7. The lowest BCUT2D eigenvalue weighted by Gasteiger charge is -2.45. The van der Waals surface area contributed by atoms with Crippen molar-refractivity contribution in [3.63, 3.8) is 0 Å². The van der Waals surface area contributed by atoms with Crippen molar-refractivity contribution >= 4 is 59.0 Å². The molecule has 3 aromatic carbocycles. The van der Waals surface area contributed by atoms with Crippen LogP contribution < -0.4 is 10.5 Å². The predicted molar refractivity (Wildman–Crippen MR) is 155 cm³/mol. The van der Waals surface area contributed by atoms with Crippen molar-refractivity contribution < 1.29 is 26.1 Å². The van der Waals surface area contributed by atoms with Crippen molar-refractivity contribution in [3.05, 3.63) is 103 Å². The zero-order chi connectivity index (χ0) is 29.9. The van der Waals surface area contributed by atoms with Gasteiger partial charge in [0.2, 0.25) is 20.0 Å². The largest absolute Gasteiger partial charge is 0.377 e. The highest BCUT2D eigenvalue weighted by Gasteiger charge is 2.54. The molecule has 2 aliphatic rings. The summed E-state index contributed by atoms with van der Waals surface area (Å²) in [4.78, 5) is 10.2. The predicted octanol–water partition coefficient (Wildman–Crippen LogP) is 4.72. The minimum absolute atomic E-state index is 0.0817. The molecule has 15 heteroatoms. The number of sulfonamides is 2. The topological polar surface area (TPSA) is 153 Å². The van der Waals surface area contributed by atoms with Gasteiger partial charge in [-0.15, -0.1) is 0 Å². The third-order valence-corrected chi connectivity index (χ3v) is 11.2. The number of fused-ring (bicyclic) bond motifs is 3. The van der Waals surface area contributed by atoms with Gasteiger partial charge < -0.3 is 5.32 Å². The summed E-state index contributed by atoms with van der Waals surface area (Å²) in [6.07, 6.45) is 0.396. The zero-order valence-corrected chi connectivity index (χ0v) is 25.2. The van der Waals surface area contributed by atoms with Crippen molar-refractivity contribution in [2.24, 2.45) is 5.14 Å². The number of nitrogens with one attached hydrogen (secondary N) is 1. The van der Waals surface area contributed by atoms with Crippen LogP contribution in [0.1, 0.15) is 17.5 Å². The van der Waals surface area contributed by atoms with Crippen molar-refractivity contribution in [1.29, 1.82) is 0 Å². The Morgan fingerprint density at radius 1 is 1.17 bits per heavy atom. The average molecular weight is 686 g/mol. The molecule has 0 unspecified atom stereocenters. The fourth-order valence-corrected chi connectivity index (χ4v) is 8.59. The molecule has 0 spiro atoms. The van der Waals surface area contributed by atoms with Crippen LogP contribution in [0.3, 0.4) is 0 Å². The van der Waals surface area contributed by atoms with Crippen LogP contribution >= 0.6 is 27.5 Å².